The van der Waals surface area contributed by atoms with Crippen molar-refractivity contribution in [3.8, 4) is 0 Å². The van der Waals surface area contributed by atoms with Crippen molar-refractivity contribution in [1.82, 2.24) is 4.98 Å². The fraction of sp³-hybridized carbons (Fsp3) is 0.200. The number of likely N-dealkylation sites (N-methyl/N-ethyl adjacent to an activating group) is 1. The third-order valence-electron chi connectivity index (χ3n) is 4.07. The highest BCUT2D eigenvalue weighted by Gasteiger charge is 2.14. The molecule has 0 aliphatic rings. The lowest BCUT2D eigenvalue weighted by Gasteiger charge is -2.22. The molecule has 3 rings (SSSR count). The molecular formula is C20H21N3O. The molecule has 0 saturated carbocycles. The van der Waals surface area contributed by atoms with Gasteiger partial charge in [-0.05, 0) is 37.6 Å². The van der Waals surface area contributed by atoms with Gasteiger partial charge in [0.05, 0.1) is 12.1 Å². The fourth-order valence-corrected chi connectivity index (χ4v) is 2.85. The van der Waals surface area contributed by atoms with Gasteiger partial charge in [-0.2, -0.15) is 0 Å². The second-order valence-corrected chi connectivity index (χ2v) is 5.66. The number of aryl methyl sites for hydroxylation is 1. The molecule has 0 radical (unpaired) electrons. The van der Waals surface area contributed by atoms with E-state index in [1.807, 2.05) is 74.6 Å². The van der Waals surface area contributed by atoms with Crippen LogP contribution in [0.4, 0.5) is 11.4 Å². The Kier molecular flexibility index (Phi) is 4.75. The SMILES string of the molecule is CCN(C(=O)CNc1c(C)cnc2ccccc12)c1ccccc1. The van der Waals surface area contributed by atoms with Crippen molar-refractivity contribution in [3.63, 3.8) is 0 Å². The zero-order valence-corrected chi connectivity index (χ0v) is 14.0. The predicted octanol–water partition coefficient (Wildman–Crippen LogP) is 4.01. The highest BCUT2D eigenvalue weighted by Crippen LogP contribution is 2.25. The zero-order valence-electron chi connectivity index (χ0n) is 14.0. The number of pyridine rings is 1. The minimum atomic E-state index is 0.0454. The summed E-state index contributed by atoms with van der Waals surface area (Å²) in [7, 11) is 0. The summed E-state index contributed by atoms with van der Waals surface area (Å²) in [5.74, 6) is 0.0454. The Bertz CT molecular complexity index is 846. The minimum absolute atomic E-state index is 0.0454. The molecule has 1 N–H and O–H groups in total. The number of hydrogen-bond acceptors (Lipinski definition) is 3. The summed E-state index contributed by atoms with van der Waals surface area (Å²) in [5.41, 5.74) is 3.85. The molecule has 1 heterocycles. The molecule has 0 bridgehead atoms. The second-order valence-electron chi connectivity index (χ2n) is 5.66. The van der Waals surface area contributed by atoms with Crippen LogP contribution in [0.25, 0.3) is 10.9 Å². The van der Waals surface area contributed by atoms with Crippen molar-refractivity contribution in [2.45, 2.75) is 13.8 Å². The van der Waals surface area contributed by atoms with Crippen LogP contribution in [0.5, 0.6) is 0 Å². The number of nitrogens with zero attached hydrogens (tertiary/aromatic N) is 2. The topological polar surface area (TPSA) is 45.2 Å². The number of nitrogens with one attached hydrogen (secondary N) is 1. The smallest absolute Gasteiger partial charge is 0.246 e. The number of anilines is 2. The van der Waals surface area contributed by atoms with Crippen LogP contribution < -0.4 is 10.2 Å². The average molecular weight is 319 g/mol. The Labute approximate surface area is 142 Å². The fourth-order valence-electron chi connectivity index (χ4n) is 2.85. The summed E-state index contributed by atoms with van der Waals surface area (Å²) >= 11 is 0. The number of rotatable bonds is 5. The summed E-state index contributed by atoms with van der Waals surface area (Å²) < 4.78 is 0. The van der Waals surface area contributed by atoms with Crippen molar-refractivity contribution in [2.24, 2.45) is 0 Å². The molecule has 1 aromatic heterocycles. The Hall–Kier alpha value is -2.88. The molecule has 3 aromatic rings. The third-order valence-corrected chi connectivity index (χ3v) is 4.07. The summed E-state index contributed by atoms with van der Waals surface area (Å²) in [4.78, 5) is 18.9. The standard InChI is InChI=1S/C20H21N3O/c1-3-23(16-9-5-4-6-10-16)19(24)14-22-20-15(2)13-21-18-12-8-7-11-17(18)20/h4-13H,3,14H2,1-2H3,(H,21,22). The summed E-state index contributed by atoms with van der Waals surface area (Å²) in [6.07, 6.45) is 1.84. The van der Waals surface area contributed by atoms with E-state index in [2.05, 4.69) is 10.3 Å². The largest absolute Gasteiger partial charge is 0.375 e. The van der Waals surface area contributed by atoms with Crippen LogP contribution in [-0.4, -0.2) is 24.0 Å². The normalized spacial score (nSPS) is 10.6. The average Bonchev–Trinajstić information content (AvgIpc) is 2.62. The first kappa shape index (κ1) is 16.0. The molecule has 0 aliphatic heterocycles. The monoisotopic (exact) mass is 319 g/mol. The van der Waals surface area contributed by atoms with E-state index in [9.17, 15) is 4.79 Å². The molecule has 0 saturated heterocycles. The lowest BCUT2D eigenvalue weighted by molar-refractivity contribution is -0.116. The van der Waals surface area contributed by atoms with E-state index in [1.165, 1.54) is 0 Å². The van der Waals surface area contributed by atoms with E-state index < -0.39 is 0 Å². The maximum atomic E-state index is 12.6. The highest BCUT2D eigenvalue weighted by atomic mass is 16.2. The van der Waals surface area contributed by atoms with E-state index in [1.54, 1.807) is 4.90 Å². The van der Waals surface area contributed by atoms with Crippen molar-refractivity contribution in [2.75, 3.05) is 23.3 Å². The molecule has 1 amide bonds. The second kappa shape index (κ2) is 7.13. The number of benzene rings is 2. The van der Waals surface area contributed by atoms with Gasteiger partial charge in [-0.25, -0.2) is 0 Å². The van der Waals surface area contributed by atoms with Crippen molar-refractivity contribution < 1.29 is 4.79 Å². The van der Waals surface area contributed by atoms with Crippen LogP contribution >= 0.6 is 0 Å². The Balaban J connectivity index is 1.80. The Morgan fingerprint density at radius 2 is 1.79 bits per heavy atom. The summed E-state index contributed by atoms with van der Waals surface area (Å²) in [6.45, 7) is 4.87. The highest BCUT2D eigenvalue weighted by molar-refractivity contribution is 5.98. The summed E-state index contributed by atoms with van der Waals surface area (Å²) in [6, 6.07) is 17.7. The Morgan fingerprint density at radius 3 is 2.54 bits per heavy atom. The maximum absolute atomic E-state index is 12.6. The van der Waals surface area contributed by atoms with Gasteiger partial charge in [0.1, 0.15) is 0 Å². The van der Waals surface area contributed by atoms with Crippen LogP contribution in [0.3, 0.4) is 0 Å². The van der Waals surface area contributed by atoms with Crippen LogP contribution in [0.1, 0.15) is 12.5 Å². The molecule has 4 heteroatoms. The van der Waals surface area contributed by atoms with Crippen LogP contribution in [-0.2, 0) is 4.79 Å². The lowest BCUT2D eigenvalue weighted by Crippen LogP contribution is -2.35. The molecule has 4 nitrogen and oxygen atoms in total. The van der Waals surface area contributed by atoms with Gasteiger partial charge in [0.25, 0.3) is 0 Å². The van der Waals surface area contributed by atoms with Gasteiger partial charge in [0.2, 0.25) is 5.91 Å². The van der Waals surface area contributed by atoms with Crippen molar-refractivity contribution in [3.05, 3.63) is 66.4 Å². The lowest BCUT2D eigenvalue weighted by atomic mass is 10.1. The quantitative estimate of drug-likeness (QED) is 0.773. The predicted molar refractivity (Wildman–Crippen MR) is 99.4 cm³/mol. The van der Waals surface area contributed by atoms with Crippen LogP contribution in [0, 0.1) is 6.92 Å². The van der Waals surface area contributed by atoms with Gasteiger partial charge in [-0.1, -0.05) is 36.4 Å². The molecule has 0 unspecified atom stereocenters. The number of para-hydroxylation sites is 2. The van der Waals surface area contributed by atoms with E-state index in [4.69, 9.17) is 0 Å². The van der Waals surface area contributed by atoms with E-state index in [0.29, 0.717) is 6.54 Å². The molecule has 0 fully saturated rings. The first-order chi connectivity index (χ1) is 11.7. The Morgan fingerprint density at radius 1 is 1.08 bits per heavy atom. The van der Waals surface area contributed by atoms with E-state index >= 15 is 0 Å². The maximum Gasteiger partial charge on any atom is 0.246 e. The van der Waals surface area contributed by atoms with Gasteiger partial charge in [0, 0.05) is 29.5 Å². The molecule has 2 aromatic carbocycles. The molecule has 0 spiro atoms. The summed E-state index contributed by atoms with van der Waals surface area (Å²) in [5, 5.41) is 4.34. The molecule has 0 aliphatic carbocycles. The molecule has 0 atom stereocenters. The number of hydrogen-bond donors (Lipinski definition) is 1. The van der Waals surface area contributed by atoms with E-state index in [-0.39, 0.29) is 12.5 Å². The van der Waals surface area contributed by atoms with Gasteiger partial charge < -0.3 is 10.2 Å². The number of carbonyl (C=O) groups excluding carboxylic acids is 1. The number of fused-ring (bicyclic) bond motifs is 1. The number of amides is 1. The minimum Gasteiger partial charge on any atom is -0.375 e. The molecule has 122 valence electrons. The number of carbonyl (C=O) groups is 1. The van der Waals surface area contributed by atoms with Crippen LogP contribution in [0.15, 0.2) is 60.8 Å². The van der Waals surface area contributed by atoms with Crippen molar-refractivity contribution in [1.29, 1.82) is 0 Å². The zero-order chi connectivity index (χ0) is 16.9. The van der Waals surface area contributed by atoms with Gasteiger partial charge >= 0.3 is 0 Å². The molecule has 24 heavy (non-hydrogen) atoms. The number of aromatic nitrogens is 1. The van der Waals surface area contributed by atoms with Crippen molar-refractivity contribution >= 4 is 28.2 Å². The first-order valence-electron chi connectivity index (χ1n) is 8.14. The first-order valence-corrected chi connectivity index (χ1v) is 8.14. The van der Waals surface area contributed by atoms with Gasteiger partial charge in [-0.15, -0.1) is 0 Å². The van der Waals surface area contributed by atoms with Gasteiger partial charge in [0.15, 0.2) is 0 Å². The van der Waals surface area contributed by atoms with Gasteiger partial charge in [-0.3, -0.25) is 9.78 Å². The van der Waals surface area contributed by atoms with E-state index in [0.717, 1.165) is 27.8 Å². The van der Waals surface area contributed by atoms with Crippen LogP contribution in [0.2, 0.25) is 0 Å². The third kappa shape index (κ3) is 3.23. The molecular weight excluding hydrogens is 298 g/mol.